The number of aliphatic hydroxyl groups excluding tert-OH is 1. The van der Waals surface area contributed by atoms with E-state index in [0.29, 0.717) is 11.1 Å². The normalized spacial score (nSPS) is 19.5. The summed E-state index contributed by atoms with van der Waals surface area (Å²) in [4.78, 5) is 0. The van der Waals surface area contributed by atoms with Crippen molar-refractivity contribution >= 4 is 15.9 Å². The van der Waals surface area contributed by atoms with Crippen LogP contribution in [-0.2, 0) is 14.8 Å². The van der Waals surface area contributed by atoms with Crippen LogP contribution in [0.2, 0.25) is 0 Å². The first-order valence-electron chi connectivity index (χ1n) is 11.7. The molecular weight excluding hydrogens is 465 g/mol. The molecule has 0 fully saturated rings. The highest BCUT2D eigenvalue weighted by Crippen LogP contribution is 2.42. The van der Waals surface area contributed by atoms with Crippen molar-refractivity contribution in [3.05, 3.63) is 95.3 Å². The highest BCUT2D eigenvalue weighted by molar-refractivity contribution is 7.90. The number of nitrogens with zero attached hydrogens (tertiary/aromatic N) is 1. The summed E-state index contributed by atoms with van der Waals surface area (Å²) < 4.78 is 51.3. The SMILES string of the molecule is Cc1ccccc1-c1ccc(C2C(C)(C)OC(C[C@@H](CCO)c3ccccc3F)=NS2(=O)=O)cc1. The van der Waals surface area contributed by atoms with E-state index in [2.05, 4.69) is 4.40 Å². The zero-order valence-electron chi connectivity index (χ0n) is 20.1. The van der Waals surface area contributed by atoms with Gasteiger partial charge in [-0.3, -0.25) is 0 Å². The molecule has 0 saturated heterocycles. The molecule has 1 unspecified atom stereocenters. The quantitative estimate of drug-likeness (QED) is 0.440. The zero-order chi connectivity index (χ0) is 25.2. The summed E-state index contributed by atoms with van der Waals surface area (Å²) in [6, 6.07) is 21.8. The van der Waals surface area contributed by atoms with Crippen molar-refractivity contribution in [2.24, 2.45) is 4.40 Å². The lowest BCUT2D eigenvalue weighted by Crippen LogP contribution is -2.43. The molecule has 5 nitrogen and oxygen atoms in total. The number of benzene rings is 3. The Morgan fingerprint density at radius 1 is 1.03 bits per heavy atom. The van der Waals surface area contributed by atoms with Gasteiger partial charge in [-0.05, 0) is 67.0 Å². The number of sulfonamides is 1. The predicted molar refractivity (Wildman–Crippen MR) is 136 cm³/mol. The molecule has 1 heterocycles. The topological polar surface area (TPSA) is 76.0 Å². The standard InChI is InChI=1S/C28H30FNO4S/c1-19-8-4-5-9-23(19)20-12-14-21(15-13-20)27-28(2,3)34-26(30-35(27,32)33)18-22(16-17-31)24-10-6-7-11-25(24)29/h4-15,22,27,31H,16-18H2,1-3H3/t22-,27?/m1/s1. The van der Waals surface area contributed by atoms with Crippen molar-refractivity contribution in [1.82, 2.24) is 0 Å². The fraction of sp³-hybridized carbons (Fsp3) is 0.321. The molecule has 35 heavy (non-hydrogen) atoms. The van der Waals surface area contributed by atoms with Gasteiger partial charge in [0.1, 0.15) is 16.7 Å². The van der Waals surface area contributed by atoms with E-state index in [0.717, 1.165) is 16.7 Å². The number of hydrogen-bond acceptors (Lipinski definition) is 4. The van der Waals surface area contributed by atoms with E-state index < -0.39 is 32.6 Å². The molecule has 0 bridgehead atoms. The number of aliphatic hydroxyl groups is 1. The third kappa shape index (κ3) is 5.31. The first-order valence-corrected chi connectivity index (χ1v) is 13.2. The number of ether oxygens (including phenoxy) is 1. The Morgan fingerprint density at radius 2 is 1.69 bits per heavy atom. The lowest BCUT2D eigenvalue weighted by molar-refractivity contribution is 0.0797. The van der Waals surface area contributed by atoms with Crippen LogP contribution in [0.25, 0.3) is 11.1 Å². The highest BCUT2D eigenvalue weighted by Gasteiger charge is 2.47. The van der Waals surface area contributed by atoms with Gasteiger partial charge >= 0.3 is 0 Å². The van der Waals surface area contributed by atoms with Crippen LogP contribution in [0.4, 0.5) is 4.39 Å². The van der Waals surface area contributed by atoms with E-state index in [4.69, 9.17) is 4.74 Å². The van der Waals surface area contributed by atoms with E-state index in [-0.39, 0.29) is 25.3 Å². The third-order valence-electron chi connectivity index (χ3n) is 6.45. The molecule has 1 aliphatic heterocycles. The van der Waals surface area contributed by atoms with Crippen molar-refractivity contribution < 1.29 is 22.7 Å². The van der Waals surface area contributed by atoms with Gasteiger partial charge in [0.15, 0.2) is 0 Å². The number of hydrogen-bond donors (Lipinski definition) is 1. The van der Waals surface area contributed by atoms with E-state index in [9.17, 15) is 17.9 Å². The second-order valence-corrected chi connectivity index (χ2v) is 11.1. The Labute approximate surface area is 206 Å². The minimum atomic E-state index is -3.97. The van der Waals surface area contributed by atoms with Crippen LogP contribution in [0.3, 0.4) is 0 Å². The second-order valence-electron chi connectivity index (χ2n) is 9.46. The van der Waals surface area contributed by atoms with Gasteiger partial charge in [-0.15, -0.1) is 4.40 Å². The Balaban J connectivity index is 1.64. The molecule has 2 atom stereocenters. The highest BCUT2D eigenvalue weighted by atomic mass is 32.2. The second kappa shape index (κ2) is 9.91. The van der Waals surface area contributed by atoms with E-state index in [1.54, 1.807) is 32.0 Å². The summed E-state index contributed by atoms with van der Waals surface area (Å²) in [5.74, 6) is -0.837. The van der Waals surface area contributed by atoms with E-state index in [1.165, 1.54) is 6.07 Å². The van der Waals surface area contributed by atoms with Gasteiger partial charge in [0.2, 0.25) is 5.90 Å². The summed E-state index contributed by atoms with van der Waals surface area (Å²) >= 11 is 0. The zero-order valence-corrected chi connectivity index (χ0v) is 20.9. The Hall–Kier alpha value is -3.03. The predicted octanol–water partition coefficient (Wildman–Crippen LogP) is 5.94. The minimum absolute atomic E-state index is 0.0319. The molecule has 4 rings (SSSR count). The maximum absolute atomic E-state index is 14.4. The largest absolute Gasteiger partial charge is 0.472 e. The molecule has 184 valence electrons. The molecule has 0 aliphatic carbocycles. The molecule has 0 amide bonds. The summed E-state index contributed by atoms with van der Waals surface area (Å²) in [5, 5.41) is 8.52. The smallest absolute Gasteiger partial charge is 0.267 e. The van der Waals surface area contributed by atoms with Crippen LogP contribution in [-0.4, -0.2) is 31.6 Å². The first-order chi connectivity index (χ1) is 16.6. The average molecular weight is 496 g/mol. The first kappa shape index (κ1) is 25.1. The van der Waals surface area contributed by atoms with Crippen LogP contribution in [0.1, 0.15) is 54.5 Å². The van der Waals surface area contributed by atoms with Crippen LogP contribution in [0.5, 0.6) is 0 Å². The number of rotatable bonds is 7. The summed E-state index contributed by atoms with van der Waals surface area (Å²) in [6.07, 6.45) is 0.330. The lowest BCUT2D eigenvalue weighted by Gasteiger charge is -2.38. The monoisotopic (exact) mass is 495 g/mol. The van der Waals surface area contributed by atoms with Crippen molar-refractivity contribution in [2.75, 3.05) is 6.61 Å². The van der Waals surface area contributed by atoms with Crippen LogP contribution in [0, 0.1) is 12.7 Å². The van der Waals surface area contributed by atoms with Crippen LogP contribution >= 0.6 is 0 Å². The summed E-state index contributed by atoms with van der Waals surface area (Å²) in [7, 11) is -3.97. The van der Waals surface area contributed by atoms with Gasteiger partial charge in [-0.25, -0.2) is 12.8 Å². The van der Waals surface area contributed by atoms with Gasteiger partial charge in [-0.1, -0.05) is 66.7 Å². The maximum Gasteiger partial charge on any atom is 0.267 e. The molecular formula is C28H30FNO4S. The number of halogens is 1. The van der Waals surface area contributed by atoms with Crippen molar-refractivity contribution in [3.63, 3.8) is 0 Å². The van der Waals surface area contributed by atoms with Gasteiger partial charge in [0, 0.05) is 13.0 Å². The van der Waals surface area contributed by atoms with Gasteiger partial charge < -0.3 is 9.84 Å². The van der Waals surface area contributed by atoms with Crippen molar-refractivity contribution in [2.45, 2.75) is 50.4 Å². The molecule has 3 aromatic carbocycles. The number of aryl methyl sites for hydroxylation is 1. The van der Waals surface area contributed by atoms with Crippen LogP contribution < -0.4 is 0 Å². The lowest BCUT2D eigenvalue weighted by atomic mass is 9.91. The van der Waals surface area contributed by atoms with Gasteiger partial charge in [0.05, 0.1) is 0 Å². The fourth-order valence-electron chi connectivity index (χ4n) is 4.86. The van der Waals surface area contributed by atoms with Gasteiger partial charge in [-0.2, -0.15) is 0 Å². The van der Waals surface area contributed by atoms with Crippen molar-refractivity contribution in [3.8, 4) is 11.1 Å². The van der Waals surface area contributed by atoms with Crippen molar-refractivity contribution in [1.29, 1.82) is 0 Å². The summed E-state index contributed by atoms with van der Waals surface area (Å²) in [5.41, 5.74) is 3.12. The Bertz CT molecular complexity index is 1330. The molecule has 1 aliphatic rings. The molecule has 0 spiro atoms. The Morgan fingerprint density at radius 3 is 2.31 bits per heavy atom. The van der Waals surface area contributed by atoms with Gasteiger partial charge in [0.25, 0.3) is 10.0 Å². The maximum atomic E-state index is 14.4. The molecule has 7 heteroatoms. The molecule has 3 aromatic rings. The molecule has 0 aromatic heterocycles. The fourth-order valence-corrected chi connectivity index (χ4v) is 6.62. The van der Waals surface area contributed by atoms with E-state index in [1.807, 2.05) is 55.5 Å². The average Bonchev–Trinajstić information content (AvgIpc) is 2.78. The van der Waals surface area contributed by atoms with Crippen LogP contribution in [0.15, 0.2) is 77.2 Å². The minimum Gasteiger partial charge on any atom is -0.472 e. The third-order valence-corrected chi connectivity index (χ3v) is 8.35. The molecule has 0 radical (unpaired) electrons. The summed E-state index contributed by atoms with van der Waals surface area (Å²) in [6.45, 7) is 5.32. The molecule has 0 saturated carbocycles. The molecule has 1 N–H and O–H groups in total. The Kier molecular flexibility index (Phi) is 7.10. The van der Waals surface area contributed by atoms with E-state index >= 15 is 0 Å².